The number of hydrogen-bond donors (Lipinski definition) is 0. The van der Waals surface area contributed by atoms with E-state index in [9.17, 15) is 21.6 Å². The molecule has 0 saturated carbocycles. The lowest BCUT2D eigenvalue weighted by atomic mass is 9.95. The number of benzene rings is 1. The third kappa shape index (κ3) is 5.15. The maximum absolute atomic E-state index is 12.7. The number of alkyl halides is 3. The monoisotopic (exact) mass is 427 g/mol. The van der Waals surface area contributed by atoms with Crippen LogP contribution in [0.1, 0.15) is 41.3 Å². The zero-order valence-corrected chi connectivity index (χ0v) is 17.2. The maximum atomic E-state index is 12.7. The molecule has 0 N–H and O–H groups in total. The van der Waals surface area contributed by atoms with Crippen molar-refractivity contribution in [2.45, 2.75) is 31.4 Å². The first-order valence-electron chi connectivity index (χ1n) is 9.37. The first-order valence-corrected chi connectivity index (χ1v) is 10.8. The van der Waals surface area contributed by atoms with Crippen LogP contribution in [0.2, 0.25) is 0 Å². The predicted octanol–water partition coefficient (Wildman–Crippen LogP) is 3.68. The quantitative estimate of drug-likeness (QED) is 0.732. The van der Waals surface area contributed by atoms with Crippen molar-refractivity contribution in [1.82, 2.24) is 13.6 Å². The van der Waals surface area contributed by atoms with E-state index in [-0.39, 0.29) is 5.92 Å². The SMILES string of the molecule is CN(C)S(=O)(=O)N1CCC[C@@H](c2cccc(Cc3ccc(C(F)(F)F)cc3)n2)C1. The second-order valence-electron chi connectivity index (χ2n) is 7.41. The molecule has 1 fully saturated rings. The van der Waals surface area contributed by atoms with Crippen molar-refractivity contribution in [2.24, 2.45) is 0 Å². The Balaban J connectivity index is 1.74. The molecule has 0 aliphatic carbocycles. The Hall–Kier alpha value is -1.97. The number of aromatic nitrogens is 1. The Labute approximate surface area is 169 Å². The highest BCUT2D eigenvalue weighted by molar-refractivity contribution is 7.86. The van der Waals surface area contributed by atoms with E-state index in [1.807, 2.05) is 18.2 Å². The second-order valence-corrected chi connectivity index (χ2v) is 9.55. The van der Waals surface area contributed by atoms with Gasteiger partial charge in [-0.2, -0.15) is 30.2 Å². The van der Waals surface area contributed by atoms with Gasteiger partial charge in [0.2, 0.25) is 0 Å². The number of nitrogens with zero attached hydrogens (tertiary/aromatic N) is 3. The Morgan fingerprint density at radius 2 is 1.83 bits per heavy atom. The van der Waals surface area contributed by atoms with Crippen molar-refractivity contribution in [3.63, 3.8) is 0 Å². The lowest BCUT2D eigenvalue weighted by Gasteiger charge is -2.33. The van der Waals surface area contributed by atoms with Gasteiger partial charge in [0.1, 0.15) is 0 Å². The maximum Gasteiger partial charge on any atom is 0.416 e. The van der Waals surface area contributed by atoms with Gasteiger partial charge < -0.3 is 0 Å². The van der Waals surface area contributed by atoms with E-state index in [0.29, 0.717) is 19.5 Å². The van der Waals surface area contributed by atoms with Gasteiger partial charge in [-0.1, -0.05) is 18.2 Å². The molecule has 3 rings (SSSR count). The van der Waals surface area contributed by atoms with Crippen LogP contribution >= 0.6 is 0 Å². The molecule has 1 aliphatic heterocycles. The zero-order chi connectivity index (χ0) is 21.2. The Kier molecular flexibility index (Phi) is 6.30. The van der Waals surface area contributed by atoms with Crippen LogP contribution in [0.15, 0.2) is 42.5 Å². The minimum atomic E-state index is -4.35. The fourth-order valence-electron chi connectivity index (χ4n) is 3.47. The van der Waals surface area contributed by atoms with E-state index in [0.717, 1.165) is 41.9 Å². The highest BCUT2D eigenvalue weighted by Gasteiger charge is 2.32. The molecule has 0 radical (unpaired) electrons. The van der Waals surface area contributed by atoms with Gasteiger partial charge in [-0.3, -0.25) is 4.98 Å². The van der Waals surface area contributed by atoms with Crippen LogP contribution in [-0.2, 0) is 22.8 Å². The molecule has 9 heteroatoms. The minimum absolute atomic E-state index is 0.00831. The number of hydrogen-bond acceptors (Lipinski definition) is 3. The summed E-state index contributed by atoms with van der Waals surface area (Å²) in [5, 5.41) is 0. The van der Waals surface area contributed by atoms with Gasteiger partial charge >= 0.3 is 6.18 Å². The summed E-state index contributed by atoms with van der Waals surface area (Å²) < 4.78 is 65.7. The summed E-state index contributed by atoms with van der Waals surface area (Å²) in [7, 11) is -0.437. The molecule has 2 aromatic rings. The fraction of sp³-hybridized carbons (Fsp3) is 0.450. The molecular weight excluding hydrogens is 403 g/mol. The van der Waals surface area contributed by atoms with E-state index in [1.165, 1.54) is 34.8 Å². The van der Waals surface area contributed by atoms with Crippen LogP contribution in [0, 0.1) is 0 Å². The largest absolute Gasteiger partial charge is 0.416 e. The number of piperidine rings is 1. The highest BCUT2D eigenvalue weighted by atomic mass is 32.2. The van der Waals surface area contributed by atoms with Crippen LogP contribution in [0.25, 0.3) is 0 Å². The summed E-state index contributed by atoms with van der Waals surface area (Å²) in [4.78, 5) is 4.67. The van der Waals surface area contributed by atoms with Crippen molar-refractivity contribution in [3.8, 4) is 0 Å². The summed E-state index contributed by atoms with van der Waals surface area (Å²) in [6.07, 6.45) is -2.34. The summed E-state index contributed by atoms with van der Waals surface area (Å²) >= 11 is 0. The van der Waals surface area contributed by atoms with Gasteiger partial charge in [-0.05, 0) is 42.7 Å². The fourth-order valence-corrected chi connectivity index (χ4v) is 4.66. The van der Waals surface area contributed by atoms with Crippen LogP contribution in [-0.4, -0.2) is 49.2 Å². The molecule has 5 nitrogen and oxygen atoms in total. The molecule has 0 amide bonds. The van der Waals surface area contributed by atoms with E-state index < -0.39 is 21.9 Å². The molecule has 158 valence electrons. The Morgan fingerprint density at radius 1 is 1.14 bits per heavy atom. The summed E-state index contributed by atoms with van der Waals surface area (Å²) in [6.45, 7) is 0.861. The smallest absolute Gasteiger partial charge is 0.257 e. The van der Waals surface area contributed by atoms with Crippen LogP contribution in [0.4, 0.5) is 13.2 Å². The molecular formula is C20H24F3N3O2S. The van der Waals surface area contributed by atoms with Crippen molar-refractivity contribution in [1.29, 1.82) is 0 Å². The van der Waals surface area contributed by atoms with E-state index in [4.69, 9.17) is 0 Å². The van der Waals surface area contributed by atoms with Gasteiger partial charge in [0.15, 0.2) is 0 Å². The van der Waals surface area contributed by atoms with Gasteiger partial charge in [-0.15, -0.1) is 0 Å². The van der Waals surface area contributed by atoms with Crippen molar-refractivity contribution >= 4 is 10.2 Å². The average molecular weight is 427 g/mol. The minimum Gasteiger partial charge on any atom is -0.257 e. The Morgan fingerprint density at radius 3 is 2.45 bits per heavy atom. The van der Waals surface area contributed by atoms with Crippen molar-refractivity contribution in [2.75, 3.05) is 27.2 Å². The summed E-state index contributed by atoms with van der Waals surface area (Å²) in [6, 6.07) is 10.6. The van der Waals surface area contributed by atoms with Crippen LogP contribution in [0.3, 0.4) is 0 Å². The molecule has 1 atom stereocenters. The standard InChI is InChI=1S/C20H24F3N3O2S/c1-25(2)29(27,28)26-12-4-5-16(14-26)19-7-3-6-18(24-19)13-15-8-10-17(11-9-15)20(21,22)23/h3,6-11,16H,4-5,12-14H2,1-2H3/t16-/m1/s1. The molecule has 0 spiro atoms. The van der Waals surface area contributed by atoms with Crippen molar-refractivity contribution in [3.05, 3.63) is 65.0 Å². The first-order chi connectivity index (χ1) is 13.6. The van der Waals surface area contributed by atoms with Gasteiger partial charge in [0.05, 0.1) is 5.56 Å². The van der Waals surface area contributed by atoms with Gasteiger partial charge in [0.25, 0.3) is 10.2 Å². The molecule has 0 unspecified atom stereocenters. The lowest BCUT2D eigenvalue weighted by Crippen LogP contribution is -2.45. The first kappa shape index (κ1) is 21.7. The normalized spacial score (nSPS) is 18.9. The Bertz CT molecular complexity index is 944. The summed E-state index contributed by atoms with van der Waals surface area (Å²) in [5.74, 6) is -0.00831. The molecule has 0 bridgehead atoms. The number of halogens is 3. The van der Waals surface area contributed by atoms with E-state index >= 15 is 0 Å². The average Bonchev–Trinajstić information content (AvgIpc) is 2.68. The number of rotatable bonds is 5. The van der Waals surface area contributed by atoms with E-state index in [2.05, 4.69) is 4.98 Å². The third-order valence-electron chi connectivity index (χ3n) is 5.08. The van der Waals surface area contributed by atoms with Gasteiger partial charge in [-0.25, -0.2) is 0 Å². The highest BCUT2D eigenvalue weighted by Crippen LogP contribution is 2.30. The second kappa shape index (κ2) is 8.41. The lowest BCUT2D eigenvalue weighted by molar-refractivity contribution is -0.137. The topological polar surface area (TPSA) is 53.5 Å². The summed E-state index contributed by atoms with van der Waals surface area (Å²) in [5.41, 5.74) is 1.62. The van der Waals surface area contributed by atoms with Gasteiger partial charge in [0, 0.05) is 50.9 Å². The van der Waals surface area contributed by atoms with Crippen LogP contribution in [0.5, 0.6) is 0 Å². The van der Waals surface area contributed by atoms with Crippen LogP contribution < -0.4 is 0 Å². The molecule has 1 aromatic heterocycles. The van der Waals surface area contributed by atoms with E-state index in [1.54, 1.807) is 0 Å². The molecule has 1 aliphatic rings. The molecule has 1 aromatic carbocycles. The third-order valence-corrected chi connectivity index (χ3v) is 6.99. The molecule has 29 heavy (non-hydrogen) atoms. The number of pyridine rings is 1. The molecule has 2 heterocycles. The zero-order valence-electron chi connectivity index (χ0n) is 16.4. The molecule has 1 saturated heterocycles. The predicted molar refractivity (Wildman–Crippen MR) is 105 cm³/mol. The van der Waals surface area contributed by atoms with Crippen molar-refractivity contribution < 1.29 is 21.6 Å².